The summed E-state index contributed by atoms with van der Waals surface area (Å²) in [6, 6.07) is 7.39. The summed E-state index contributed by atoms with van der Waals surface area (Å²) in [5, 5.41) is 12.0. The van der Waals surface area contributed by atoms with E-state index >= 15 is 0 Å². The maximum absolute atomic E-state index is 12.5. The van der Waals surface area contributed by atoms with E-state index in [9.17, 15) is 9.59 Å². The van der Waals surface area contributed by atoms with Gasteiger partial charge in [0.05, 0.1) is 12.1 Å². The summed E-state index contributed by atoms with van der Waals surface area (Å²) in [6.07, 6.45) is 7.09. The van der Waals surface area contributed by atoms with Gasteiger partial charge in [-0.3, -0.25) is 14.6 Å². The average Bonchev–Trinajstić information content (AvgIpc) is 2.70. The number of carbonyl (C=O) groups excluding carboxylic acids is 1. The molecule has 1 unspecified atom stereocenters. The van der Waals surface area contributed by atoms with Crippen molar-refractivity contribution in [3.8, 4) is 0 Å². The number of hydrogen-bond donors (Lipinski definition) is 2. The number of carbonyl (C=O) groups is 2. The van der Waals surface area contributed by atoms with Crippen molar-refractivity contribution >= 4 is 23.4 Å². The van der Waals surface area contributed by atoms with Crippen molar-refractivity contribution in [3.05, 3.63) is 48.4 Å². The van der Waals surface area contributed by atoms with E-state index in [2.05, 4.69) is 20.2 Å². The monoisotopic (exact) mass is 368 g/mol. The summed E-state index contributed by atoms with van der Waals surface area (Å²) >= 11 is 0. The minimum atomic E-state index is -0.805. The molecule has 1 fully saturated rings. The zero-order valence-electron chi connectivity index (χ0n) is 15.3. The van der Waals surface area contributed by atoms with Gasteiger partial charge in [0.25, 0.3) is 0 Å². The van der Waals surface area contributed by atoms with Crippen LogP contribution in [0.3, 0.4) is 0 Å². The number of piperidine rings is 1. The molecule has 3 rings (SSSR count). The number of amides is 1. The maximum Gasteiger partial charge on any atom is 0.306 e. The molecule has 1 saturated heterocycles. The van der Waals surface area contributed by atoms with E-state index in [0.29, 0.717) is 6.42 Å². The zero-order chi connectivity index (χ0) is 19.2. The molecule has 2 aromatic rings. The quantitative estimate of drug-likeness (QED) is 0.814. The maximum atomic E-state index is 12.5. The molecule has 0 radical (unpaired) electrons. The Kier molecular flexibility index (Phi) is 6.01. The highest BCUT2D eigenvalue weighted by atomic mass is 16.4. The molecule has 0 spiro atoms. The highest BCUT2D eigenvalue weighted by Crippen LogP contribution is 2.23. The molecular weight excluding hydrogens is 344 g/mol. The van der Waals surface area contributed by atoms with Crippen LogP contribution in [0.1, 0.15) is 25.3 Å². The number of nitrogens with zero attached hydrogens (tertiary/aromatic N) is 3. The lowest BCUT2D eigenvalue weighted by atomic mass is 9.95. The molecule has 0 bridgehead atoms. The van der Waals surface area contributed by atoms with Gasteiger partial charge in [0.1, 0.15) is 5.82 Å². The number of rotatable bonds is 6. The Labute approximate surface area is 158 Å². The number of nitrogens with one attached hydrogen (secondary N) is 1. The lowest BCUT2D eigenvalue weighted by Crippen LogP contribution is -2.38. The van der Waals surface area contributed by atoms with Crippen molar-refractivity contribution in [3.63, 3.8) is 0 Å². The van der Waals surface area contributed by atoms with Crippen LogP contribution in [0, 0.1) is 11.8 Å². The molecule has 27 heavy (non-hydrogen) atoms. The van der Waals surface area contributed by atoms with E-state index in [-0.39, 0.29) is 11.8 Å². The van der Waals surface area contributed by atoms with Gasteiger partial charge in [-0.05, 0) is 37.0 Å². The normalized spacial score (nSPS) is 16.0. The van der Waals surface area contributed by atoms with Crippen LogP contribution in [0.5, 0.6) is 0 Å². The van der Waals surface area contributed by atoms with Gasteiger partial charge in [-0.1, -0.05) is 19.1 Å². The molecule has 7 heteroatoms. The largest absolute Gasteiger partial charge is 0.481 e. The molecule has 7 nitrogen and oxygen atoms in total. The minimum Gasteiger partial charge on any atom is -0.481 e. The van der Waals surface area contributed by atoms with Crippen LogP contribution in [0.25, 0.3) is 0 Å². The molecule has 1 aromatic heterocycles. The van der Waals surface area contributed by atoms with E-state index in [1.54, 1.807) is 25.5 Å². The lowest BCUT2D eigenvalue weighted by molar-refractivity contribution is -0.141. The molecule has 1 amide bonds. The fraction of sp³-hybridized carbons (Fsp3) is 0.400. The molecule has 1 atom stereocenters. The van der Waals surface area contributed by atoms with Crippen LogP contribution in [0.15, 0.2) is 42.9 Å². The fourth-order valence-electron chi connectivity index (χ4n) is 3.23. The van der Waals surface area contributed by atoms with Crippen molar-refractivity contribution in [2.24, 2.45) is 11.8 Å². The fourth-order valence-corrected chi connectivity index (χ4v) is 3.23. The van der Waals surface area contributed by atoms with E-state index < -0.39 is 11.9 Å². The van der Waals surface area contributed by atoms with Gasteiger partial charge >= 0.3 is 5.97 Å². The van der Waals surface area contributed by atoms with E-state index in [1.165, 1.54) is 0 Å². The van der Waals surface area contributed by atoms with Crippen LogP contribution in [-0.2, 0) is 16.0 Å². The molecule has 1 aliphatic heterocycles. The second kappa shape index (κ2) is 8.62. The van der Waals surface area contributed by atoms with Gasteiger partial charge < -0.3 is 15.3 Å². The highest BCUT2D eigenvalue weighted by Gasteiger charge is 2.25. The predicted molar refractivity (Wildman–Crippen MR) is 103 cm³/mol. The third kappa shape index (κ3) is 5.03. The van der Waals surface area contributed by atoms with Crippen molar-refractivity contribution in [2.75, 3.05) is 23.3 Å². The van der Waals surface area contributed by atoms with Crippen LogP contribution in [0.4, 0.5) is 11.5 Å². The van der Waals surface area contributed by atoms with Crippen LogP contribution < -0.4 is 10.2 Å². The highest BCUT2D eigenvalue weighted by molar-refractivity contribution is 5.92. The van der Waals surface area contributed by atoms with Crippen LogP contribution >= 0.6 is 0 Å². The second-order valence-corrected chi connectivity index (χ2v) is 6.95. The van der Waals surface area contributed by atoms with Gasteiger partial charge in [-0.25, -0.2) is 4.98 Å². The molecule has 1 aromatic carbocycles. The smallest absolute Gasteiger partial charge is 0.306 e. The van der Waals surface area contributed by atoms with Gasteiger partial charge in [-0.15, -0.1) is 0 Å². The second-order valence-electron chi connectivity index (χ2n) is 6.95. The lowest BCUT2D eigenvalue weighted by Gasteiger charge is -2.31. The minimum absolute atomic E-state index is 0.0235. The summed E-state index contributed by atoms with van der Waals surface area (Å²) in [4.78, 5) is 34.0. The first kappa shape index (κ1) is 18.8. The molecule has 142 valence electrons. The van der Waals surface area contributed by atoms with Crippen molar-refractivity contribution in [1.29, 1.82) is 0 Å². The third-order valence-electron chi connectivity index (χ3n) is 4.92. The van der Waals surface area contributed by atoms with Crippen LogP contribution in [0.2, 0.25) is 0 Å². The number of benzene rings is 1. The SMILES string of the molecule is CC(Cc1ccc(NC(=O)C2CCN(c3cnccn3)CC2)cc1)C(=O)O. The topological polar surface area (TPSA) is 95.4 Å². The Morgan fingerprint density at radius 1 is 1.22 bits per heavy atom. The average molecular weight is 368 g/mol. The van der Waals surface area contributed by atoms with Crippen molar-refractivity contribution in [2.45, 2.75) is 26.2 Å². The van der Waals surface area contributed by atoms with E-state index in [0.717, 1.165) is 43.0 Å². The number of hydrogen-bond acceptors (Lipinski definition) is 5. The first-order chi connectivity index (χ1) is 13.0. The molecular formula is C20H24N4O3. The Morgan fingerprint density at radius 3 is 2.52 bits per heavy atom. The molecule has 0 saturated carbocycles. The standard InChI is InChI=1S/C20H24N4O3/c1-14(20(26)27)12-15-2-4-17(5-3-15)23-19(25)16-6-10-24(11-7-16)18-13-21-8-9-22-18/h2-5,8-9,13-14,16H,6-7,10-12H2,1H3,(H,23,25)(H,26,27). The van der Waals surface area contributed by atoms with Gasteiger partial charge in [0.2, 0.25) is 5.91 Å². The summed E-state index contributed by atoms with van der Waals surface area (Å²) in [5.74, 6) is -0.377. The molecule has 1 aliphatic rings. The number of aliphatic carboxylic acids is 1. The Morgan fingerprint density at radius 2 is 1.93 bits per heavy atom. The molecule has 0 aliphatic carbocycles. The van der Waals surface area contributed by atoms with E-state index in [4.69, 9.17) is 5.11 Å². The van der Waals surface area contributed by atoms with E-state index in [1.807, 2.05) is 24.3 Å². The van der Waals surface area contributed by atoms with Crippen molar-refractivity contribution < 1.29 is 14.7 Å². The van der Waals surface area contributed by atoms with Gasteiger partial charge in [-0.2, -0.15) is 0 Å². The summed E-state index contributed by atoms with van der Waals surface area (Å²) in [5.41, 5.74) is 1.68. The number of carboxylic acid groups (broad SMARTS) is 1. The Bertz CT molecular complexity index is 772. The summed E-state index contributed by atoms with van der Waals surface area (Å²) in [6.45, 7) is 3.25. The molecule has 2 heterocycles. The summed E-state index contributed by atoms with van der Waals surface area (Å²) in [7, 11) is 0. The Balaban J connectivity index is 1.50. The first-order valence-corrected chi connectivity index (χ1v) is 9.16. The summed E-state index contributed by atoms with van der Waals surface area (Å²) < 4.78 is 0. The predicted octanol–water partition coefficient (Wildman–Crippen LogP) is 2.59. The van der Waals surface area contributed by atoms with Crippen LogP contribution in [-0.4, -0.2) is 40.0 Å². The molecule has 2 N–H and O–H groups in total. The number of carboxylic acids is 1. The first-order valence-electron chi connectivity index (χ1n) is 9.16. The number of aromatic nitrogens is 2. The van der Waals surface area contributed by atoms with Gasteiger partial charge in [0.15, 0.2) is 0 Å². The third-order valence-corrected chi connectivity index (χ3v) is 4.92. The van der Waals surface area contributed by atoms with Gasteiger partial charge in [0, 0.05) is 37.1 Å². The van der Waals surface area contributed by atoms with Crippen molar-refractivity contribution in [1.82, 2.24) is 9.97 Å². The zero-order valence-corrected chi connectivity index (χ0v) is 15.3. The Hall–Kier alpha value is -2.96. The number of anilines is 2.